The number of nitrogens with one attached hydrogen (secondary N) is 7. The zero-order valence-corrected chi connectivity index (χ0v) is 24.9. The number of amides is 6. The van der Waals surface area contributed by atoms with Crippen molar-refractivity contribution in [1.29, 1.82) is 5.41 Å². The fraction of sp³-hybridized carbons (Fsp3) is 0.636. The minimum absolute atomic E-state index is 0.0238. The van der Waals surface area contributed by atoms with Crippen molar-refractivity contribution in [2.24, 2.45) is 17.2 Å². The summed E-state index contributed by atoms with van der Waals surface area (Å²) in [6, 6.07) is -7.54. The number of rotatable bonds is 19. The maximum absolute atomic E-state index is 13.0. The van der Waals surface area contributed by atoms with Crippen LogP contribution in [0, 0.1) is 5.41 Å². The molecular weight excluding hydrogens is 596 g/mol. The lowest BCUT2D eigenvalue weighted by molar-refractivity contribution is -0.141. The topological polar surface area (TPSA) is 314 Å². The van der Waals surface area contributed by atoms with Crippen LogP contribution in [0.2, 0.25) is 0 Å². The normalized spacial score (nSPS) is 14.9. The van der Waals surface area contributed by atoms with Gasteiger partial charge in [-0.05, 0) is 26.7 Å². The number of hydrogen-bond donors (Lipinski definition) is 13. The number of thiol groups is 2. The second kappa shape index (κ2) is 19.4. The van der Waals surface area contributed by atoms with E-state index in [0.717, 1.165) is 0 Å². The summed E-state index contributed by atoms with van der Waals surface area (Å²) in [6.07, 6.45) is -0.393. The molecule has 0 saturated heterocycles. The monoisotopic (exact) mass is 636 g/mol. The van der Waals surface area contributed by atoms with E-state index < -0.39 is 84.1 Å². The molecule has 0 spiro atoms. The van der Waals surface area contributed by atoms with Crippen LogP contribution in [-0.4, -0.2) is 107 Å². The Kier molecular flexibility index (Phi) is 17.6. The van der Waals surface area contributed by atoms with E-state index in [-0.39, 0.29) is 36.9 Å². The molecule has 42 heavy (non-hydrogen) atoms. The third-order valence-corrected chi connectivity index (χ3v) is 6.25. The highest BCUT2D eigenvalue weighted by molar-refractivity contribution is 7.80. The lowest BCUT2D eigenvalue weighted by Crippen LogP contribution is -2.59. The molecule has 0 radical (unpaired) electrons. The van der Waals surface area contributed by atoms with E-state index in [2.05, 4.69) is 57.2 Å². The van der Waals surface area contributed by atoms with Crippen molar-refractivity contribution >= 4 is 72.6 Å². The van der Waals surface area contributed by atoms with Crippen molar-refractivity contribution in [3.05, 3.63) is 0 Å². The van der Waals surface area contributed by atoms with E-state index in [0.29, 0.717) is 0 Å². The summed E-state index contributed by atoms with van der Waals surface area (Å²) < 4.78 is 0. The van der Waals surface area contributed by atoms with Gasteiger partial charge >= 0.3 is 5.97 Å². The van der Waals surface area contributed by atoms with Crippen LogP contribution in [-0.2, 0) is 33.6 Å². The van der Waals surface area contributed by atoms with Gasteiger partial charge in [-0.3, -0.25) is 34.2 Å². The molecule has 6 amide bonds. The fourth-order valence-electron chi connectivity index (χ4n) is 3.11. The van der Waals surface area contributed by atoms with E-state index in [1.165, 1.54) is 13.8 Å². The number of nitrogens with two attached hydrogens (primary N) is 3. The van der Waals surface area contributed by atoms with Crippen molar-refractivity contribution in [3.8, 4) is 0 Å². The minimum atomic E-state index is -1.56. The van der Waals surface area contributed by atoms with Crippen LogP contribution in [0.25, 0.3) is 0 Å². The lowest BCUT2D eigenvalue weighted by Gasteiger charge is -2.25. The van der Waals surface area contributed by atoms with Crippen molar-refractivity contribution in [2.45, 2.75) is 69.4 Å². The van der Waals surface area contributed by atoms with Gasteiger partial charge in [0.25, 0.3) is 0 Å². The average molecular weight is 637 g/mol. The van der Waals surface area contributed by atoms with Crippen LogP contribution < -0.4 is 49.1 Å². The van der Waals surface area contributed by atoms with Gasteiger partial charge in [-0.2, -0.15) is 25.3 Å². The van der Waals surface area contributed by atoms with Gasteiger partial charge < -0.3 is 54.2 Å². The zero-order chi connectivity index (χ0) is 32.6. The van der Waals surface area contributed by atoms with Gasteiger partial charge in [0.1, 0.15) is 30.2 Å². The summed E-state index contributed by atoms with van der Waals surface area (Å²) in [5.74, 6) is -7.03. The van der Waals surface area contributed by atoms with Gasteiger partial charge in [0.15, 0.2) is 5.96 Å². The zero-order valence-electron chi connectivity index (χ0n) is 23.1. The number of carboxylic acid groups (broad SMARTS) is 1. The quantitative estimate of drug-likeness (QED) is 0.0275. The van der Waals surface area contributed by atoms with E-state index in [4.69, 9.17) is 27.7 Å². The Morgan fingerprint density at radius 3 is 1.67 bits per heavy atom. The van der Waals surface area contributed by atoms with Crippen LogP contribution in [0.15, 0.2) is 0 Å². The first-order chi connectivity index (χ1) is 19.5. The molecule has 0 aromatic rings. The molecule has 0 bridgehead atoms. The van der Waals surface area contributed by atoms with Crippen molar-refractivity contribution in [1.82, 2.24) is 31.9 Å². The molecule has 14 N–H and O–H groups in total. The molecule has 0 rings (SSSR count). The first-order valence-corrected chi connectivity index (χ1v) is 13.9. The first kappa shape index (κ1) is 38.2. The SMILES string of the molecule is C[C@H](NC(=O)[C@H](CCCNC(=N)N)NC(=O)[C@H](C)NC(=O)[C@@H](N)CS)C(=O)N[C@@H](CC(N)=O)C(=O)N[C@@H](CS)C(=O)O. The van der Waals surface area contributed by atoms with Crippen LogP contribution in [0.1, 0.15) is 33.1 Å². The maximum atomic E-state index is 13.0. The highest BCUT2D eigenvalue weighted by Gasteiger charge is 2.31. The summed E-state index contributed by atoms with van der Waals surface area (Å²) >= 11 is 7.75. The molecule has 0 unspecified atom stereocenters. The number of carbonyl (C=O) groups excluding carboxylic acids is 6. The van der Waals surface area contributed by atoms with Gasteiger partial charge in [-0.1, -0.05) is 0 Å². The van der Waals surface area contributed by atoms with E-state index >= 15 is 0 Å². The standard InChI is InChI=1S/C22H40N10O8S2/c1-9(28-18(36)11(23)7-41)16(34)30-12(4-3-5-27-22(25)26)19(37)29-10(2)17(35)31-13(6-15(24)33)20(38)32-14(8-42)21(39)40/h9-14,41-42H,3-8,23H2,1-2H3,(H2,24,33)(H,28,36)(H,29,37)(H,30,34)(H,31,35)(H,32,38)(H,39,40)(H4,25,26,27)/t9-,10-,11-,12-,13-,14-/m0/s1. The average Bonchev–Trinajstić information content (AvgIpc) is 2.91. The maximum Gasteiger partial charge on any atom is 0.327 e. The van der Waals surface area contributed by atoms with Gasteiger partial charge in [0.05, 0.1) is 12.5 Å². The third kappa shape index (κ3) is 14.7. The summed E-state index contributed by atoms with van der Waals surface area (Å²) in [6.45, 7) is 2.81. The smallest absolute Gasteiger partial charge is 0.327 e. The highest BCUT2D eigenvalue weighted by Crippen LogP contribution is 2.02. The van der Waals surface area contributed by atoms with Gasteiger partial charge in [-0.25, -0.2) is 4.79 Å². The molecule has 0 aliphatic carbocycles. The van der Waals surface area contributed by atoms with Crippen molar-refractivity contribution < 1.29 is 38.7 Å². The fourth-order valence-corrected chi connectivity index (χ4v) is 3.52. The Bertz CT molecular complexity index is 1020. The molecule has 0 heterocycles. The van der Waals surface area contributed by atoms with Crippen LogP contribution in [0.4, 0.5) is 0 Å². The Labute approximate surface area is 253 Å². The Morgan fingerprint density at radius 1 is 0.738 bits per heavy atom. The van der Waals surface area contributed by atoms with Gasteiger partial charge in [0.2, 0.25) is 35.4 Å². The van der Waals surface area contributed by atoms with Crippen molar-refractivity contribution in [2.75, 3.05) is 18.1 Å². The Morgan fingerprint density at radius 2 is 1.21 bits per heavy atom. The highest BCUT2D eigenvalue weighted by atomic mass is 32.1. The number of primary amides is 1. The Hall–Kier alpha value is -3.78. The predicted octanol–water partition coefficient (Wildman–Crippen LogP) is -5.14. The third-order valence-electron chi connectivity index (χ3n) is 5.49. The van der Waals surface area contributed by atoms with E-state index in [9.17, 15) is 33.6 Å². The van der Waals surface area contributed by atoms with Crippen LogP contribution in [0.5, 0.6) is 0 Å². The molecule has 18 nitrogen and oxygen atoms in total. The molecule has 238 valence electrons. The number of carboxylic acids is 1. The van der Waals surface area contributed by atoms with E-state index in [1.54, 1.807) is 0 Å². The molecule has 20 heteroatoms. The van der Waals surface area contributed by atoms with E-state index in [1.807, 2.05) is 0 Å². The largest absolute Gasteiger partial charge is 0.480 e. The van der Waals surface area contributed by atoms with Crippen LogP contribution >= 0.6 is 25.3 Å². The number of guanidine groups is 1. The Balaban J connectivity index is 5.54. The molecule has 0 aliphatic heterocycles. The molecular formula is C22H40N10O8S2. The molecule has 0 aliphatic rings. The summed E-state index contributed by atoms with van der Waals surface area (Å²) in [5, 5.41) is 30.5. The summed E-state index contributed by atoms with van der Waals surface area (Å²) in [5.41, 5.74) is 16.0. The summed E-state index contributed by atoms with van der Waals surface area (Å²) in [7, 11) is 0. The molecule has 0 fully saturated rings. The molecule has 0 aromatic carbocycles. The van der Waals surface area contributed by atoms with Crippen LogP contribution in [0.3, 0.4) is 0 Å². The molecule has 0 saturated carbocycles. The molecule has 6 atom stereocenters. The summed E-state index contributed by atoms with van der Waals surface area (Å²) in [4.78, 5) is 85.7. The lowest BCUT2D eigenvalue weighted by atomic mass is 10.1. The first-order valence-electron chi connectivity index (χ1n) is 12.6. The minimum Gasteiger partial charge on any atom is -0.480 e. The number of hydrogen-bond acceptors (Lipinski definition) is 11. The van der Waals surface area contributed by atoms with Crippen molar-refractivity contribution in [3.63, 3.8) is 0 Å². The predicted molar refractivity (Wildman–Crippen MR) is 157 cm³/mol. The molecule has 0 aromatic heterocycles. The van der Waals surface area contributed by atoms with Gasteiger partial charge in [-0.15, -0.1) is 0 Å². The second-order valence-electron chi connectivity index (χ2n) is 9.11. The second-order valence-corrected chi connectivity index (χ2v) is 9.84. The number of carbonyl (C=O) groups is 7. The number of aliphatic carboxylic acids is 1. The van der Waals surface area contributed by atoms with Gasteiger partial charge in [0, 0.05) is 18.1 Å².